The van der Waals surface area contributed by atoms with Gasteiger partial charge in [0.1, 0.15) is 11.2 Å². The second-order valence-corrected chi connectivity index (χ2v) is 12.3. The molecule has 0 radical (unpaired) electrons. The predicted octanol–water partition coefficient (Wildman–Crippen LogP) is 11.3. The summed E-state index contributed by atoms with van der Waals surface area (Å²) in [6.45, 7) is 0. The number of hydrogen-bond donors (Lipinski definition) is 0. The first kappa shape index (κ1) is 27.4. The lowest BCUT2D eigenvalue weighted by molar-refractivity contribution is 0.668. The molecule has 5 nitrogen and oxygen atoms in total. The molecule has 5 heteroatoms. The Morgan fingerprint density at radius 2 is 0.939 bits per heavy atom. The third-order valence-corrected chi connectivity index (χ3v) is 9.38. The van der Waals surface area contributed by atoms with Gasteiger partial charge < -0.3 is 4.42 Å². The lowest BCUT2D eigenvalue weighted by atomic mass is 9.94. The minimum Gasteiger partial charge on any atom is -0.456 e. The molecule has 0 saturated heterocycles. The third kappa shape index (κ3) is 4.63. The smallest absolute Gasteiger partial charge is 0.164 e. The van der Waals surface area contributed by atoms with Gasteiger partial charge in [-0.2, -0.15) is 0 Å². The molecule has 3 heterocycles. The average Bonchev–Trinajstić information content (AvgIpc) is 3.56. The monoisotopic (exact) mass is 626 g/mol. The van der Waals surface area contributed by atoms with Crippen LogP contribution in [0.15, 0.2) is 162 Å². The van der Waals surface area contributed by atoms with Gasteiger partial charge in [-0.05, 0) is 73.8 Å². The van der Waals surface area contributed by atoms with Gasteiger partial charge in [0, 0.05) is 39.9 Å². The van der Waals surface area contributed by atoms with E-state index in [2.05, 4.69) is 132 Å². The highest BCUT2D eigenvalue weighted by atomic mass is 16.3. The summed E-state index contributed by atoms with van der Waals surface area (Å²) in [5.74, 6) is 1.90. The Bertz CT molecular complexity index is 2810. The molecule has 0 aliphatic rings. The summed E-state index contributed by atoms with van der Waals surface area (Å²) in [7, 11) is 0. The molecule has 0 spiro atoms. The van der Waals surface area contributed by atoms with Gasteiger partial charge in [-0.15, -0.1) is 0 Å². The minimum atomic E-state index is 0.627. The first-order chi connectivity index (χ1) is 24.2. The molecule has 3 aromatic heterocycles. The van der Waals surface area contributed by atoms with Crippen molar-refractivity contribution in [2.45, 2.75) is 0 Å². The standard InChI is InChI=1S/C44H26N4O/c1-3-9-29-23-32(17-15-27(29)7-1)42-46-43(33-18-16-28-8-2-4-10-30(28)24-33)48-44(47-42)34-19-20-35-31(25-34)11-5-12-36(35)37-13-6-14-40-41(37)38-26-45-22-21-39(38)49-40/h1-26H. The van der Waals surface area contributed by atoms with E-state index in [0.29, 0.717) is 17.5 Å². The van der Waals surface area contributed by atoms with Crippen LogP contribution in [0.25, 0.3) is 99.5 Å². The predicted molar refractivity (Wildman–Crippen MR) is 199 cm³/mol. The van der Waals surface area contributed by atoms with Gasteiger partial charge in [-0.25, -0.2) is 15.0 Å². The summed E-state index contributed by atoms with van der Waals surface area (Å²) in [4.78, 5) is 19.6. The van der Waals surface area contributed by atoms with E-state index in [0.717, 1.165) is 71.3 Å². The molecule has 10 rings (SSSR count). The normalized spacial score (nSPS) is 11.7. The highest BCUT2D eigenvalue weighted by molar-refractivity contribution is 6.15. The van der Waals surface area contributed by atoms with E-state index in [9.17, 15) is 0 Å². The summed E-state index contributed by atoms with van der Waals surface area (Å²) in [5.41, 5.74) is 6.74. The minimum absolute atomic E-state index is 0.627. The van der Waals surface area contributed by atoms with E-state index < -0.39 is 0 Å². The molecule has 0 atom stereocenters. The van der Waals surface area contributed by atoms with Crippen LogP contribution in [0.3, 0.4) is 0 Å². The molecule has 0 unspecified atom stereocenters. The Balaban J connectivity index is 1.15. The van der Waals surface area contributed by atoms with Gasteiger partial charge in [0.05, 0.1) is 0 Å². The van der Waals surface area contributed by atoms with Crippen molar-refractivity contribution < 1.29 is 4.42 Å². The molecule has 0 amide bonds. The SMILES string of the molecule is c1ccc2cc(-c3nc(-c4ccc5ccccc5c4)nc(-c4ccc5c(-c6cccc7oc8ccncc8c67)cccc5c4)n3)ccc2c1. The maximum Gasteiger partial charge on any atom is 0.164 e. The zero-order valence-corrected chi connectivity index (χ0v) is 26.2. The fourth-order valence-electron chi connectivity index (χ4n) is 6.97. The van der Waals surface area contributed by atoms with Crippen LogP contribution in [0.4, 0.5) is 0 Å². The van der Waals surface area contributed by atoms with Crippen molar-refractivity contribution in [1.29, 1.82) is 0 Å². The van der Waals surface area contributed by atoms with Crippen LogP contribution in [-0.2, 0) is 0 Å². The molecule has 0 aliphatic heterocycles. The number of aromatic nitrogens is 4. The number of benzene rings is 7. The lowest BCUT2D eigenvalue weighted by Crippen LogP contribution is -2.00. The Hall–Kier alpha value is -6.72. The number of hydrogen-bond acceptors (Lipinski definition) is 5. The van der Waals surface area contributed by atoms with E-state index in [-0.39, 0.29) is 0 Å². The van der Waals surface area contributed by atoms with Gasteiger partial charge in [0.25, 0.3) is 0 Å². The van der Waals surface area contributed by atoms with E-state index in [1.165, 1.54) is 10.8 Å². The van der Waals surface area contributed by atoms with E-state index in [1.54, 1.807) is 6.20 Å². The Labute approximate surface area is 281 Å². The Morgan fingerprint density at radius 1 is 0.388 bits per heavy atom. The third-order valence-electron chi connectivity index (χ3n) is 9.38. The molecule has 49 heavy (non-hydrogen) atoms. The van der Waals surface area contributed by atoms with Gasteiger partial charge in [0.2, 0.25) is 0 Å². The van der Waals surface area contributed by atoms with Crippen LogP contribution in [0.5, 0.6) is 0 Å². The van der Waals surface area contributed by atoms with Gasteiger partial charge in [-0.1, -0.05) is 115 Å². The zero-order chi connectivity index (χ0) is 32.3. The van der Waals surface area contributed by atoms with E-state index in [1.807, 2.05) is 24.4 Å². The average molecular weight is 627 g/mol. The van der Waals surface area contributed by atoms with Crippen molar-refractivity contribution in [3.05, 3.63) is 158 Å². The molecule has 0 saturated carbocycles. The summed E-state index contributed by atoms with van der Waals surface area (Å²) in [5, 5.41) is 8.95. The van der Waals surface area contributed by atoms with Crippen molar-refractivity contribution in [3.63, 3.8) is 0 Å². The first-order valence-electron chi connectivity index (χ1n) is 16.3. The lowest BCUT2D eigenvalue weighted by Gasteiger charge is -2.12. The number of pyridine rings is 1. The fraction of sp³-hybridized carbons (Fsp3) is 0. The zero-order valence-electron chi connectivity index (χ0n) is 26.2. The van der Waals surface area contributed by atoms with Gasteiger partial charge >= 0.3 is 0 Å². The summed E-state index contributed by atoms with van der Waals surface area (Å²) < 4.78 is 6.18. The second kappa shape index (κ2) is 10.9. The van der Waals surface area contributed by atoms with E-state index >= 15 is 0 Å². The molecule has 0 aliphatic carbocycles. The molecular formula is C44H26N4O. The number of fused-ring (bicyclic) bond motifs is 6. The first-order valence-corrected chi connectivity index (χ1v) is 16.3. The number of furan rings is 1. The Morgan fingerprint density at radius 3 is 1.61 bits per heavy atom. The van der Waals surface area contributed by atoms with Crippen molar-refractivity contribution in [2.24, 2.45) is 0 Å². The van der Waals surface area contributed by atoms with E-state index in [4.69, 9.17) is 19.4 Å². The number of rotatable bonds is 4. The van der Waals surface area contributed by atoms with Crippen LogP contribution in [0, 0.1) is 0 Å². The highest BCUT2D eigenvalue weighted by Gasteiger charge is 2.17. The molecule has 0 fully saturated rings. The second-order valence-electron chi connectivity index (χ2n) is 12.3. The molecular weight excluding hydrogens is 601 g/mol. The molecule has 10 aromatic rings. The van der Waals surface area contributed by atoms with Crippen molar-refractivity contribution in [2.75, 3.05) is 0 Å². The fourth-order valence-corrected chi connectivity index (χ4v) is 6.97. The van der Waals surface area contributed by atoms with Crippen LogP contribution in [0.2, 0.25) is 0 Å². The van der Waals surface area contributed by atoms with Crippen LogP contribution >= 0.6 is 0 Å². The summed E-state index contributed by atoms with van der Waals surface area (Å²) in [6.07, 6.45) is 3.65. The van der Waals surface area contributed by atoms with Crippen molar-refractivity contribution in [3.8, 4) is 45.3 Å². The molecule has 0 N–H and O–H groups in total. The summed E-state index contributed by atoms with van der Waals surface area (Å²) >= 11 is 0. The quantitative estimate of drug-likeness (QED) is 0.194. The Kier molecular flexibility index (Phi) is 6.11. The molecule has 7 aromatic carbocycles. The summed E-state index contributed by atoms with van der Waals surface area (Å²) in [6, 6.07) is 50.5. The van der Waals surface area contributed by atoms with Crippen LogP contribution in [-0.4, -0.2) is 19.9 Å². The van der Waals surface area contributed by atoms with Gasteiger partial charge in [-0.3, -0.25) is 4.98 Å². The largest absolute Gasteiger partial charge is 0.456 e. The number of nitrogens with zero attached hydrogens (tertiary/aromatic N) is 4. The maximum atomic E-state index is 6.18. The van der Waals surface area contributed by atoms with Crippen molar-refractivity contribution >= 4 is 54.3 Å². The molecule has 0 bridgehead atoms. The maximum absolute atomic E-state index is 6.18. The molecule has 228 valence electrons. The topological polar surface area (TPSA) is 64.7 Å². The van der Waals surface area contributed by atoms with Crippen molar-refractivity contribution in [1.82, 2.24) is 19.9 Å². The van der Waals surface area contributed by atoms with Crippen LogP contribution in [0.1, 0.15) is 0 Å². The van der Waals surface area contributed by atoms with Gasteiger partial charge in [0.15, 0.2) is 17.5 Å². The van der Waals surface area contributed by atoms with Crippen LogP contribution < -0.4 is 0 Å². The highest BCUT2D eigenvalue weighted by Crippen LogP contribution is 2.39.